The van der Waals surface area contributed by atoms with Crippen LogP contribution in [0.4, 0.5) is 0 Å². The number of nitrogens with one attached hydrogen (secondary N) is 1. The number of hydrogen-bond donors (Lipinski definition) is 2. The molecule has 0 bridgehead atoms. The summed E-state index contributed by atoms with van der Waals surface area (Å²) in [5, 5.41) is 18.5. The van der Waals surface area contributed by atoms with Crippen LogP contribution in [-0.2, 0) is 19.8 Å². The minimum absolute atomic E-state index is 0.118. The number of aryl methyl sites for hydroxylation is 1. The molecule has 250 valence electrons. The monoisotopic (exact) mass is 643 g/mol. The third kappa shape index (κ3) is 6.19. The quantitative estimate of drug-likeness (QED) is 0.372. The topological polar surface area (TPSA) is 136 Å². The first kappa shape index (κ1) is 32.5. The van der Waals surface area contributed by atoms with E-state index in [9.17, 15) is 19.5 Å². The third-order valence-electron chi connectivity index (χ3n) is 10.0. The van der Waals surface area contributed by atoms with E-state index in [1.165, 1.54) is 0 Å². The summed E-state index contributed by atoms with van der Waals surface area (Å²) >= 11 is 0. The number of carbonyl (C=O) groups excluding carboxylic acids is 2. The maximum absolute atomic E-state index is 13.9. The second kappa shape index (κ2) is 12.3. The lowest BCUT2D eigenvalue weighted by molar-refractivity contribution is -0.145. The standard InChI is InChI=1S/C36H45N5O6/c1-21-27(46-6)13-12-24-28(19-30(37-31(21)24)41-16-14-29(39-41)35(2,3)4)47-23-17-25-26(18-23)33(43)40(5)15-10-8-7-9-11-22-20-36(22,34(44)45)38-32(25)42/h9,11-14,16,19,22-23,25-26H,7-8,10,15,17-18,20H2,1-6H3,(H,38,42)(H,44,45)/b11-9-/t22-,23-,25-,26-,36-/m1/s1. The number of aliphatic carboxylic acids is 1. The van der Waals surface area contributed by atoms with Gasteiger partial charge in [0.15, 0.2) is 5.82 Å². The molecule has 0 spiro atoms. The van der Waals surface area contributed by atoms with Gasteiger partial charge in [0.25, 0.3) is 0 Å². The van der Waals surface area contributed by atoms with E-state index in [4.69, 9.17) is 19.6 Å². The van der Waals surface area contributed by atoms with Crippen LogP contribution < -0.4 is 14.8 Å². The predicted octanol–water partition coefficient (Wildman–Crippen LogP) is 4.97. The number of methoxy groups -OCH3 is 1. The molecule has 2 fully saturated rings. The van der Waals surface area contributed by atoms with Crippen LogP contribution in [0.5, 0.6) is 11.5 Å². The van der Waals surface area contributed by atoms with Gasteiger partial charge in [0, 0.05) is 48.1 Å². The molecule has 0 unspecified atom stereocenters. The van der Waals surface area contributed by atoms with E-state index in [1.54, 1.807) is 23.7 Å². The van der Waals surface area contributed by atoms with E-state index in [-0.39, 0.29) is 23.7 Å². The Morgan fingerprint density at radius 1 is 1.11 bits per heavy atom. The predicted molar refractivity (Wildman–Crippen MR) is 177 cm³/mol. The van der Waals surface area contributed by atoms with Gasteiger partial charge in [-0.3, -0.25) is 9.59 Å². The molecule has 2 N–H and O–H groups in total. The number of fused-ring (bicyclic) bond motifs is 3. The number of rotatable bonds is 5. The number of carboxylic acids is 1. The van der Waals surface area contributed by atoms with Crippen molar-refractivity contribution in [2.24, 2.45) is 17.8 Å². The van der Waals surface area contributed by atoms with Crippen molar-refractivity contribution in [1.82, 2.24) is 25.0 Å². The largest absolute Gasteiger partial charge is 0.496 e. The molecule has 11 heteroatoms. The first-order valence-electron chi connectivity index (χ1n) is 16.5. The average Bonchev–Trinajstić information content (AvgIpc) is 3.33. The van der Waals surface area contributed by atoms with Crippen LogP contribution in [0, 0.1) is 24.7 Å². The molecule has 3 aromatic rings. The van der Waals surface area contributed by atoms with Gasteiger partial charge >= 0.3 is 5.97 Å². The highest BCUT2D eigenvalue weighted by Crippen LogP contribution is 2.47. The summed E-state index contributed by atoms with van der Waals surface area (Å²) in [6.45, 7) is 8.84. The van der Waals surface area contributed by atoms with Crippen molar-refractivity contribution in [1.29, 1.82) is 0 Å². The van der Waals surface area contributed by atoms with Crippen molar-refractivity contribution in [3.8, 4) is 17.3 Å². The van der Waals surface area contributed by atoms with Crippen LogP contribution in [0.15, 0.2) is 42.6 Å². The van der Waals surface area contributed by atoms with E-state index >= 15 is 0 Å². The normalized spacial score (nSPS) is 27.4. The van der Waals surface area contributed by atoms with Gasteiger partial charge in [0.2, 0.25) is 11.8 Å². The Kier molecular flexibility index (Phi) is 8.52. The first-order valence-corrected chi connectivity index (χ1v) is 16.5. The molecule has 2 aliphatic carbocycles. The van der Waals surface area contributed by atoms with Crippen molar-refractivity contribution < 1.29 is 29.0 Å². The Labute approximate surface area is 275 Å². The number of ether oxygens (including phenoxy) is 2. The SMILES string of the molecule is COc1ccc2c(O[C@@H]3C[C@H]4C(=O)N[C@]5(C(=O)O)C[C@H]5/C=C\CCCCN(C)C(=O)[C@@H]4C3)cc(-n3ccc(C(C)(C)C)n3)nc2c1C. The Hall–Kier alpha value is -4.41. The van der Waals surface area contributed by atoms with Crippen LogP contribution in [0.25, 0.3) is 16.7 Å². The molecule has 0 saturated heterocycles. The van der Waals surface area contributed by atoms with Gasteiger partial charge in [-0.25, -0.2) is 14.5 Å². The summed E-state index contributed by atoms with van der Waals surface area (Å²) in [5.41, 5.74) is 0.983. The van der Waals surface area contributed by atoms with Crippen LogP contribution in [0.2, 0.25) is 0 Å². The molecule has 3 heterocycles. The Balaban J connectivity index is 1.35. The number of amides is 2. The summed E-state index contributed by atoms with van der Waals surface area (Å²) in [7, 11) is 3.40. The van der Waals surface area contributed by atoms with E-state index in [2.05, 4.69) is 26.1 Å². The van der Waals surface area contributed by atoms with Crippen molar-refractivity contribution in [3.05, 3.63) is 53.9 Å². The molecule has 11 nitrogen and oxygen atoms in total. The highest BCUT2D eigenvalue weighted by molar-refractivity contribution is 5.94. The van der Waals surface area contributed by atoms with Gasteiger partial charge < -0.3 is 24.8 Å². The molecule has 2 aromatic heterocycles. The lowest BCUT2D eigenvalue weighted by atomic mass is 9.93. The highest BCUT2D eigenvalue weighted by Gasteiger charge is 2.61. The number of benzene rings is 1. The summed E-state index contributed by atoms with van der Waals surface area (Å²) in [6, 6.07) is 7.61. The number of nitrogens with zero attached hydrogens (tertiary/aromatic N) is 4. The van der Waals surface area contributed by atoms with E-state index in [0.29, 0.717) is 42.2 Å². The van der Waals surface area contributed by atoms with Gasteiger partial charge in [-0.05, 0) is 63.6 Å². The molecule has 6 rings (SSSR count). The van der Waals surface area contributed by atoms with Gasteiger partial charge in [0.1, 0.15) is 23.1 Å². The summed E-state index contributed by atoms with van der Waals surface area (Å²) in [5.74, 6) is -1.38. The van der Waals surface area contributed by atoms with E-state index < -0.39 is 35.4 Å². The summed E-state index contributed by atoms with van der Waals surface area (Å²) in [6.07, 6.45) is 8.78. The van der Waals surface area contributed by atoms with Crippen molar-refractivity contribution >= 4 is 28.7 Å². The van der Waals surface area contributed by atoms with Crippen LogP contribution in [0.1, 0.15) is 70.6 Å². The molecule has 1 aliphatic heterocycles. The van der Waals surface area contributed by atoms with Crippen molar-refractivity contribution in [3.63, 3.8) is 0 Å². The maximum Gasteiger partial charge on any atom is 0.330 e. The average molecular weight is 644 g/mol. The smallest absolute Gasteiger partial charge is 0.330 e. The van der Waals surface area contributed by atoms with Crippen molar-refractivity contribution in [2.75, 3.05) is 20.7 Å². The fraction of sp³-hybridized carbons (Fsp3) is 0.528. The van der Waals surface area contributed by atoms with Crippen LogP contribution >= 0.6 is 0 Å². The lowest BCUT2D eigenvalue weighted by Gasteiger charge is -2.26. The van der Waals surface area contributed by atoms with E-state index in [1.807, 2.05) is 49.5 Å². The first-order chi connectivity index (χ1) is 22.3. The molecule has 3 aliphatic rings. The summed E-state index contributed by atoms with van der Waals surface area (Å²) < 4.78 is 14.1. The number of aromatic nitrogens is 3. The maximum atomic E-state index is 13.9. The fourth-order valence-electron chi connectivity index (χ4n) is 7.02. The zero-order valence-electron chi connectivity index (χ0n) is 28.1. The number of hydrogen-bond acceptors (Lipinski definition) is 7. The Morgan fingerprint density at radius 3 is 2.57 bits per heavy atom. The van der Waals surface area contributed by atoms with Gasteiger partial charge in [-0.2, -0.15) is 5.10 Å². The van der Waals surface area contributed by atoms with Crippen LogP contribution in [-0.4, -0.2) is 74.9 Å². The molecule has 0 radical (unpaired) electrons. The van der Waals surface area contributed by atoms with Crippen molar-refractivity contribution in [2.45, 2.75) is 83.3 Å². The molecule has 2 saturated carbocycles. The third-order valence-corrected chi connectivity index (χ3v) is 10.0. The lowest BCUT2D eigenvalue weighted by Crippen LogP contribution is -2.49. The minimum Gasteiger partial charge on any atom is -0.496 e. The van der Waals surface area contributed by atoms with Gasteiger partial charge in [0.05, 0.1) is 30.2 Å². The van der Waals surface area contributed by atoms with E-state index in [0.717, 1.165) is 35.9 Å². The second-order valence-corrected chi connectivity index (χ2v) is 14.3. The Bertz CT molecular complexity index is 1740. The number of allylic oxidation sites excluding steroid dienone is 1. The number of carbonyl (C=O) groups is 3. The summed E-state index contributed by atoms with van der Waals surface area (Å²) in [4.78, 5) is 46.7. The molecular weight excluding hydrogens is 598 g/mol. The fourth-order valence-corrected chi connectivity index (χ4v) is 7.02. The van der Waals surface area contributed by atoms with Gasteiger partial charge in [-0.15, -0.1) is 0 Å². The zero-order chi connectivity index (χ0) is 33.7. The van der Waals surface area contributed by atoms with Gasteiger partial charge in [-0.1, -0.05) is 32.9 Å². The minimum atomic E-state index is -1.33. The molecule has 1 aromatic carbocycles. The molecular formula is C36H45N5O6. The molecule has 2 amide bonds. The Morgan fingerprint density at radius 2 is 1.87 bits per heavy atom. The molecule has 5 atom stereocenters. The number of pyridine rings is 1. The van der Waals surface area contributed by atoms with Crippen LogP contribution in [0.3, 0.4) is 0 Å². The second-order valence-electron chi connectivity index (χ2n) is 14.3. The zero-order valence-corrected chi connectivity index (χ0v) is 28.1. The highest BCUT2D eigenvalue weighted by atomic mass is 16.5. The molecule has 47 heavy (non-hydrogen) atoms. The number of carboxylic acid groups (broad SMARTS) is 1.